The van der Waals surface area contributed by atoms with Crippen LogP contribution in [0.15, 0.2) is 69.7 Å². The van der Waals surface area contributed by atoms with Crippen LogP contribution >= 0.6 is 27.7 Å². The summed E-state index contributed by atoms with van der Waals surface area (Å²) in [6.45, 7) is 3.72. The van der Waals surface area contributed by atoms with Crippen molar-refractivity contribution in [1.29, 1.82) is 0 Å². The van der Waals surface area contributed by atoms with Gasteiger partial charge in [-0.2, -0.15) is 0 Å². The lowest BCUT2D eigenvalue weighted by atomic mass is 10.2. The molecule has 110 valence electrons. The molecule has 0 N–H and O–H groups in total. The molecule has 1 aromatic carbocycles. The number of hydrogen-bond donors (Lipinski definition) is 0. The molecule has 0 atom stereocenters. The van der Waals surface area contributed by atoms with E-state index < -0.39 is 0 Å². The Hall–Kier alpha value is -1.92. The second kappa shape index (κ2) is 6.46. The second-order valence-electron chi connectivity index (χ2n) is 4.48. The number of aromatic nitrogens is 3. The van der Waals surface area contributed by atoms with E-state index >= 15 is 0 Å². The Morgan fingerprint density at radius 3 is 2.91 bits per heavy atom. The maximum atomic E-state index is 12.9. The second-order valence-corrected chi connectivity index (χ2v) is 6.39. The SMILES string of the molecule is C=CCSc1nc2ccc(Br)cc2c(=O)n1-c1ccccn1. The predicted octanol–water partition coefficient (Wildman–Crippen LogP) is 3.82. The number of benzene rings is 1. The van der Waals surface area contributed by atoms with Crippen LogP contribution in [0.2, 0.25) is 0 Å². The molecule has 4 nitrogen and oxygen atoms in total. The summed E-state index contributed by atoms with van der Waals surface area (Å²) < 4.78 is 2.39. The van der Waals surface area contributed by atoms with E-state index in [0.29, 0.717) is 27.6 Å². The lowest BCUT2D eigenvalue weighted by Gasteiger charge is -2.11. The molecule has 2 heterocycles. The molecule has 2 aromatic heterocycles. The number of hydrogen-bond acceptors (Lipinski definition) is 4. The fourth-order valence-electron chi connectivity index (χ4n) is 2.06. The quantitative estimate of drug-likeness (QED) is 0.396. The van der Waals surface area contributed by atoms with Gasteiger partial charge in [0.1, 0.15) is 5.82 Å². The van der Waals surface area contributed by atoms with Gasteiger partial charge >= 0.3 is 0 Å². The zero-order chi connectivity index (χ0) is 15.5. The summed E-state index contributed by atoms with van der Waals surface area (Å²) in [5, 5.41) is 1.17. The molecule has 0 unspecified atom stereocenters. The monoisotopic (exact) mass is 373 g/mol. The van der Waals surface area contributed by atoms with Gasteiger partial charge in [0.2, 0.25) is 0 Å². The summed E-state index contributed by atoms with van der Waals surface area (Å²) in [5.41, 5.74) is 0.545. The van der Waals surface area contributed by atoms with Crippen molar-refractivity contribution in [2.24, 2.45) is 0 Å². The summed E-state index contributed by atoms with van der Waals surface area (Å²) in [7, 11) is 0. The standard InChI is InChI=1S/C16H12BrN3OS/c1-2-9-22-16-19-13-7-6-11(17)10-12(13)15(21)20(16)14-5-3-4-8-18-14/h2-8,10H,1,9H2. The number of nitrogens with zero attached hydrogens (tertiary/aromatic N) is 3. The molecule has 0 saturated heterocycles. The van der Waals surface area contributed by atoms with Crippen LogP contribution in [0.3, 0.4) is 0 Å². The Bertz CT molecular complexity index is 893. The van der Waals surface area contributed by atoms with Gasteiger partial charge in [-0.15, -0.1) is 6.58 Å². The highest BCUT2D eigenvalue weighted by molar-refractivity contribution is 9.10. The van der Waals surface area contributed by atoms with Gasteiger partial charge in [0.15, 0.2) is 5.16 Å². The third-order valence-corrected chi connectivity index (χ3v) is 4.44. The van der Waals surface area contributed by atoms with Crippen LogP contribution in [0.1, 0.15) is 0 Å². The molecule has 0 fully saturated rings. The smallest absolute Gasteiger partial charge is 0.267 e. The molecule has 0 saturated carbocycles. The van der Waals surface area contributed by atoms with Crippen LogP contribution in [0.4, 0.5) is 0 Å². The summed E-state index contributed by atoms with van der Waals surface area (Å²) >= 11 is 4.85. The Balaban J connectivity index is 2.33. The Morgan fingerprint density at radius 1 is 1.32 bits per heavy atom. The number of pyridine rings is 1. The molecule has 0 aliphatic heterocycles. The minimum absolute atomic E-state index is 0.128. The molecular weight excluding hydrogens is 362 g/mol. The summed E-state index contributed by atoms with van der Waals surface area (Å²) in [4.78, 5) is 21.8. The number of rotatable bonds is 4. The molecule has 3 aromatic rings. The third kappa shape index (κ3) is 2.84. The molecule has 0 amide bonds. The number of halogens is 1. The van der Waals surface area contributed by atoms with E-state index in [-0.39, 0.29) is 5.56 Å². The predicted molar refractivity (Wildman–Crippen MR) is 93.8 cm³/mol. The Kier molecular flexibility index (Phi) is 4.40. The summed E-state index contributed by atoms with van der Waals surface area (Å²) in [6, 6.07) is 11.0. The Morgan fingerprint density at radius 2 is 2.18 bits per heavy atom. The van der Waals surface area contributed by atoms with E-state index in [1.54, 1.807) is 29.0 Å². The van der Waals surface area contributed by atoms with E-state index in [4.69, 9.17) is 0 Å². The van der Waals surface area contributed by atoms with Gasteiger partial charge < -0.3 is 0 Å². The van der Waals surface area contributed by atoms with Crippen molar-refractivity contribution in [2.75, 3.05) is 5.75 Å². The Labute approximate surface area is 140 Å². The van der Waals surface area contributed by atoms with Crippen molar-refractivity contribution in [3.8, 4) is 5.82 Å². The van der Waals surface area contributed by atoms with Crippen LogP contribution < -0.4 is 5.56 Å². The van der Waals surface area contributed by atoms with Crippen molar-refractivity contribution in [2.45, 2.75) is 5.16 Å². The van der Waals surface area contributed by atoms with Crippen molar-refractivity contribution in [3.63, 3.8) is 0 Å². The molecule has 22 heavy (non-hydrogen) atoms. The van der Waals surface area contributed by atoms with Crippen LogP contribution in [0.5, 0.6) is 0 Å². The fraction of sp³-hybridized carbons (Fsp3) is 0.0625. The first kappa shape index (κ1) is 15.0. The van der Waals surface area contributed by atoms with Crippen molar-refractivity contribution < 1.29 is 0 Å². The summed E-state index contributed by atoms with van der Waals surface area (Å²) in [6.07, 6.45) is 3.44. The molecule has 6 heteroatoms. The fourth-order valence-corrected chi connectivity index (χ4v) is 3.15. The van der Waals surface area contributed by atoms with Crippen molar-refractivity contribution in [3.05, 3.63) is 70.1 Å². The average Bonchev–Trinajstić information content (AvgIpc) is 2.54. The molecule has 0 aliphatic carbocycles. The van der Waals surface area contributed by atoms with E-state index in [2.05, 4.69) is 32.5 Å². The highest BCUT2D eigenvalue weighted by Gasteiger charge is 2.13. The first-order chi connectivity index (χ1) is 10.7. The average molecular weight is 374 g/mol. The van der Waals surface area contributed by atoms with Gasteiger partial charge in [0.25, 0.3) is 5.56 Å². The maximum absolute atomic E-state index is 12.9. The van der Waals surface area contributed by atoms with Gasteiger partial charge in [0.05, 0.1) is 10.9 Å². The normalized spacial score (nSPS) is 10.8. The molecule has 0 spiro atoms. The molecule has 3 rings (SSSR count). The van der Waals surface area contributed by atoms with Gasteiger partial charge in [0, 0.05) is 16.4 Å². The first-order valence-corrected chi connectivity index (χ1v) is 8.36. The lowest BCUT2D eigenvalue weighted by Crippen LogP contribution is -2.22. The minimum atomic E-state index is -0.128. The van der Waals surface area contributed by atoms with Crippen LogP contribution in [-0.4, -0.2) is 20.3 Å². The largest absolute Gasteiger partial charge is 0.268 e. The van der Waals surface area contributed by atoms with E-state index in [9.17, 15) is 4.79 Å². The van der Waals surface area contributed by atoms with E-state index in [1.165, 1.54) is 11.8 Å². The third-order valence-electron chi connectivity index (χ3n) is 3.01. The maximum Gasteiger partial charge on any atom is 0.267 e. The van der Waals surface area contributed by atoms with Crippen LogP contribution in [-0.2, 0) is 0 Å². The first-order valence-electron chi connectivity index (χ1n) is 6.58. The van der Waals surface area contributed by atoms with Gasteiger partial charge in [-0.3, -0.25) is 4.79 Å². The summed E-state index contributed by atoms with van der Waals surface area (Å²) in [5.74, 6) is 1.23. The van der Waals surface area contributed by atoms with Gasteiger partial charge in [-0.05, 0) is 30.3 Å². The van der Waals surface area contributed by atoms with Crippen LogP contribution in [0.25, 0.3) is 16.7 Å². The highest BCUT2D eigenvalue weighted by Crippen LogP contribution is 2.22. The molecule has 0 aliphatic rings. The molecule has 0 radical (unpaired) electrons. The van der Waals surface area contributed by atoms with Gasteiger partial charge in [-0.1, -0.05) is 39.8 Å². The lowest BCUT2D eigenvalue weighted by molar-refractivity contribution is 0.796. The number of fused-ring (bicyclic) bond motifs is 1. The molecular formula is C16H12BrN3OS. The highest BCUT2D eigenvalue weighted by atomic mass is 79.9. The van der Waals surface area contributed by atoms with Crippen molar-refractivity contribution >= 4 is 38.6 Å². The van der Waals surface area contributed by atoms with Gasteiger partial charge in [-0.25, -0.2) is 14.5 Å². The zero-order valence-electron chi connectivity index (χ0n) is 11.6. The van der Waals surface area contributed by atoms with E-state index in [0.717, 1.165) is 4.47 Å². The zero-order valence-corrected chi connectivity index (χ0v) is 14.0. The minimum Gasteiger partial charge on any atom is -0.268 e. The van der Waals surface area contributed by atoms with Crippen molar-refractivity contribution in [1.82, 2.24) is 14.5 Å². The topological polar surface area (TPSA) is 47.8 Å². The number of thioether (sulfide) groups is 1. The molecule has 0 bridgehead atoms. The van der Waals surface area contributed by atoms with Crippen LogP contribution in [0, 0.1) is 0 Å². The van der Waals surface area contributed by atoms with E-state index in [1.807, 2.05) is 24.3 Å².